The molecule has 1 fully saturated rings. The number of hydrogen-bond acceptors (Lipinski definition) is 5. The van der Waals surface area contributed by atoms with Crippen molar-refractivity contribution in [3.63, 3.8) is 0 Å². The van der Waals surface area contributed by atoms with E-state index in [0.717, 1.165) is 25.7 Å². The predicted octanol–water partition coefficient (Wildman–Crippen LogP) is 2.83. The summed E-state index contributed by atoms with van der Waals surface area (Å²) < 4.78 is 5.09. The first-order chi connectivity index (χ1) is 10.5. The number of ketones is 1. The Morgan fingerprint density at radius 2 is 1.77 bits per heavy atom. The van der Waals surface area contributed by atoms with Gasteiger partial charge in [-0.05, 0) is 44.7 Å². The highest BCUT2D eigenvalue weighted by Crippen LogP contribution is 2.25. The molecule has 1 amide bonds. The smallest absolute Gasteiger partial charge is 0.410 e. The monoisotopic (exact) mass is 306 g/mol. The van der Waals surface area contributed by atoms with Crippen LogP contribution < -0.4 is 10.1 Å². The molecule has 0 saturated heterocycles. The third kappa shape index (κ3) is 4.28. The second-order valence-corrected chi connectivity index (χ2v) is 5.44. The van der Waals surface area contributed by atoms with Crippen LogP contribution in [0.1, 0.15) is 32.6 Å². The number of nitro groups is 1. The molecule has 22 heavy (non-hydrogen) atoms. The normalized spacial score (nSPS) is 21.0. The number of hydrogen-bond donors (Lipinski definition) is 1. The van der Waals surface area contributed by atoms with Crippen molar-refractivity contribution in [2.45, 2.75) is 38.6 Å². The molecule has 0 atom stereocenters. The third-order valence-electron chi connectivity index (χ3n) is 3.88. The molecule has 7 heteroatoms. The zero-order valence-corrected chi connectivity index (χ0v) is 12.3. The Morgan fingerprint density at radius 3 is 2.27 bits per heavy atom. The van der Waals surface area contributed by atoms with E-state index < -0.39 is 11.0 Å². The Labute approximate surface area is 127 Å². The van der Waals surface area contributed by atoms with Crippen LogP contribution in [0.25, 0.3) is 0 Å². The fourth-order valence-corrected chi connectivity index (χ4v) is 2.58. The summed E-state index contributed by atoms with van der Waals surface area (Å²) in [5.74, 6) is 0.552. The first kappa shape index (κ1) is 15.9. The lowest BCUT2D eigenvalue weighted by Gasteiger charge is -2.27. The van der Waals surface area contributed by atoms with Crippen LogP contribution in [0.3, 0.4) is 0 Å². The minimum atomic E-state index is -0.583. The van der Waals surface area contributed by atoms with E-state index >= 15 is 0 Å². The van der Waals surface area contributed by atoms with Gasteiger partial charge in [0.05, 0.1) is 4.92 Å². The zero-order chi connectivity index (χ0) is 16.1. The van der Waals surface area contributed by atoms with Gasteiger partial charge in [-0.2, -0.15) is 0 Å². The summed E-state index contributed by atoms with van der Waals surface area (Å²) in [7, 11) is 0. The van der Waals surface area contributed by atoms with Gasteiger partial charge in [0.25, 0.3) is 5.69 Å². The quantitative estimate of drug-likeness (QED) is 0.681. The summed E-state index contributed by atoms with van der Waals surface area (Å²) in [6, 6.07) is 5.32. The number of amides is 1. The molecule has 0 aromatic heterocycles. The Kier molecular flexibility index (Phi) is 5.08. The van der Waals surface area contributed by atoms with Crippen LogP contribution in [0, 0.1) is 16.0 Å². The van der Waals surface area contributed by atoms with E-state index in [1.54, 1.807) is 6.92 Å². The van der Waals surface area contributed by atoms with Gasteiger partial charge >= 0.3 is 6.09 Å². The maximum absolute atomic E-state index is 11.8. The average molecular weight is 306 g/mol. The topological polar surface area (TPSA) is 98.5 Å². The van der Waals surface area contributed by atoms with Crippen LogP contribution in [0.15, 0.2) is 24.3 Å². The molecule has 0 aliphatic heterocycles. The van der Waals surface area contributed by atoms with Crippen molar-refractivity contribution in [1.82, 2.24) is 5.32 Å². The van der Waals surface area contributed by atoms with Gasteiger partial charge in [0, 0.05) is 24.1 Å². The van der Waals surface area contributed by atoms with Gasteiger partial charge < -0.3 is 10.1 Å². The number of carbonyl (C=O) groups excluding carboxylic acids is 2. The predicted molar refractivity (Wildman–Crippen MR) is 78.7 cm³/mol. The molecule has 1 N–H and O–H groups in total. The number of ether oxygens (including phenoxy) is 1. The second kappa shape index (κ2) is 7.02. The second-order valence-electron chi connectivity index (χ2n) is 5.44. The molecule has 118 valence electrons. The molecular formula is C15H18N2O5. The lowest BCUT2D eigenvalue weighted by atomic mass is 9.84. The Hall–Kier alpha value is -2.44. The highest BCUT2D eigenvalue weighted by Gasteiger charge is 2.25. The largest absolute Gasteiger partial charge is 0.412 e. The summed E-state index contributed by atoms with van der Waals surface area (Å²) in [6.45, 7) is 1.60. The Balaban J connectivity index is 1.81. The lowest BCUT2D eigenvalue weighted by molar-refractivity contribution is -0.384. The van der Waals surface area contributed by atoms with Crippen LogP contribution in [-0.2, 0) is 4.79 Å². The van der Waals surface area contributed by atoms with E-state index in [2.05, 4.69) is 5.32 Å². The van der Waals surface area contributed by atoms with Gasteiger partial charge in [-0.1, -0.05) is 0 Å². The van der Waals surface area contributed by atoms with Crippen molar-refractivity contribution in [2.75, 3.05) is 0 Å². The Morgan fingerprint density at radius 1 is 1.18 bits per heavy atom. The maximum atomic E-state index is 11.8. The first-order valence-electron chi connectivity index (χ1n) is 7.19. The molecule has 0 bridgehead atoms. The number of non-ortho nitro benzene ring substituents is 1. The summed E-state index contributed by atoms with van der Waals surface area (Å²) >= 11 is 0. The highest BCUT2D eigenvalue weighted by atomic mass is 16.6. The van der Waals surface area contributed by atoms with Crippen LogP contribution in [0.5, 0.6) is 5.75 Å². The number of carbonyl (C=O) groups is 2. The van der Waals surface area contributed by atoms with Crippen molar-refractivity contribution in [3.8, 4) is 5.75 Å². The van der Waals surface area contributed by atoms with Crippen LogP contribution in [0.4, 0.5) is 10.5 Å². The maximum Gasteiger partial charge on any atom is 0.412 e. The van der Waals surface area contributed by atoms with E-state index in [4.69, 9.17) is 4.74 Å². The average Bonchev–Trinajstić information content (AvgIpc) is 2.48. The molecule has 0 unspecified atom stereocenters. The van der Waals surface area contributed by atoms with E-state index in [-0.39, 0.29) is 29.2 Å². The van der Waals surface area contributed by atoms with E-state index in [1.807, 2.05) is 0 Å². The highest BCUT2D eigenvalue weighted by molar-refractivity contribution is 5.78. The van der Waals surface area contributed by atoms with Gasteiger partial charge in [0.2, 0.25) is 0 Å². The number of nitrogens with zero attached hydrogens (tertiary/aromatic N) is 1. The van der Waals surface area contributed by atoms with Crippen molar-refractivity contribution in [2.24, 2.45) is 5.92 Å². The molecule has 0 radical (unpaired) electrons. The van der Waals surface area contributed by atoms with Crippen LogP contribution >= 0.6 is 0 Å². The van der Waals surface area contributed by atoms with E-state index in [9.17, 15) is 19.7 Å². The van der Waals surface area contributed by atoms with Gasteiger partial charge in [-0.15, -0.1) is 0 Å². The molecule has 1 aromatic carbocycles. The summed E-state index contributed by atoms with van der Waals surface area (Å²) in [4.78, 5) is 33.1. The van der Waals surface area contributed by atoms with E-state index in [0.29, 0.717) is 0 Å². The molecule has 1 saturated carbocycles. The van der Waals surface area contributed by atoms with Crippen molar-refractivity contribution >= 4 is 17.6 Å². The molecule has 1 aromatic rings. The number of nitro benzene ring substituents is 1. The van der Waals surface area contributed by atoms with Crippen LogP contribution in [0.2, 0.25) is 0 Å². The number of nitrogens with one attached hydrogen (secondary N) is 1. The minimum Gasteiger partial charge on any atom is -0.410 e. The van der Waals surface area contributed by atoms with Crippen molar-refractivity contribution in [1.29, 1.82) is 0 Å². The molecule has 0 spiro atoms. The summed E-state index contributed by atoms with van der Waals surface area (Å²) in [5, 5.41) is 13.3. The fraction of sp³-hybridized carbons (Fsp3) is 0.467. The minimum absolute atomic E-state index is 0.00106. The third-order valence-corrected chi connectivity index (χ3v) is 3.88. The van der Waals surface area contributed by atoms with E-state index in [1.165, 1.54) is 24.3 Å². The van der Waals surface area contributed by atoms with Crippen molar-refractivity contribution < 1.29 is 19.2 Å². The fourth-order valence-electron chi connectivity index (χ4n) is 2.58. The standard InChI is InChI=1S/C15H18N2O5/c1-10(18)11-2-4-12(5-3-11)16-15(19)22-14-8-6-13(7-9-14)17(20)21/h6-9,11-12H,2-5H2,1H3,(H,16,19). The molecule has 7 nitrogen and oxygen atoms in total. The lowest BCUT2D eigenvalue weighted by Crippen LogP contribution is -2.39. The van der Waals surface area contributed by atoms with Gasteiger partial charge in [0.15, 0.2) is 0 Å². The van der Waals surface area contributed by atoms with Gasteiger partial charge in [-0.25, -0.2) is 4.79 Å². The molecule has 2 rings (SSSR count). The van der Waals surface area contributed by atoms with Crippen molar-refractivity contribution in [3.05, 3.63) is 34.4 Å². The number of Topliss-reactive ketones (excluding diaryl/α,β-unsaturated/α-hetero) is 1. The van der Waals surface area contributed by atoms with Crippen LogP contribution in [-0.4, -0.2) is 22.8 Å². The number of benzene rings is 1. The van der Waals surface area contributed by atoms with Gasteiger partial charge in [0.1, 0.15) is 11.5 Å². The number of rotatable bonds is 4. The molecule has 0 heterocycles. The Bertz CT molecular complexity index is 562. The molecular weight excluding hydrogens is 288 g/mol. The molecule has 1 aliphatic carbocycles. The summed E-state index contributed by atoms with van der Waals surface area (Å²) in [6.07, 6.45) is 2.47. The first-order valence-corrected chi connectivity index (χ1v) is 7.19. The zero-order valence-electron chi connectivity index (χ0n) is 12.3. The SMILES string of the molecule is CC(=O)C1CCC(NC(=O)Oc2ccc([N+](=O)[O-])cc2)CC1. The molecule has 1 aliphatic rings. The van der Waals surface area contributed by atoms with Gasteiger partial charge in [-0.3, -0.25) is 14.9 Å². The summed E-state index contributed by atoms with van der Waals surface area (Å²) in [5.41, 5.74) is -0.0599.